The van der Waals surface area contributed by atoms with Crippen LogP contribution in [0.3, 0.4) is 0 Å². The highest BCUT2D eigenvalue weighted by atomic mass is 32.1. The topological polar surface area (TPSA) is 42.4 Å². The van der Waals surface area contributed by atoms with E-state index in [2.05, 4.69) is 23.9 Å². The van der Waals surface area contributed by atoms with Crippen LogP contribution in [0, 0.1) is 5.92 Å². The fourth-order valence-electron chi connectivity index (χ4n) is 2.44. The Morgan fingerprint density at radius 2 is 2.42 bits per heavy atom. The summed E-state index contributed by atoms with van der Waals surface area (Å²) < 4.78 is 5.51. The van der Waals surface area contributed by atoms with E-state index < -0.39 is 0 Å². The van der Waals surface area contributed by atoms with Crippen LogP contribution < -0.4 is 4.90 Å². The van der Waals surface area contributed by atoms with Gasteiger partial charge in [0.2, 0.25) is 0 Å². The highest BCUT2D eigenvalue weighted by molar-refractivity contribution is 7.17. The Balaban J connectivity index is 2.01. The van der Waals surface area contributed by atoms with E-state index in [1.54, 1.807) is 0 Å². The van der Waals surface area contributed by atoms with Gasteiger partial charge in [0.15, 0.2) is 11.4 Å². The smallest absolute Gasteiger partial charge is 0.185 e. The number of carbonyl (C=O) groups is 1. The van der Waals surface area contributed by atoms with E-state index in [9.17, 15) is 4.79 Å². The normalized spacial score (nSPS) is 19.4. The number of aromatic nitrogens is 1. The van der Waals surface area contributed by atoms with Crippen LogP contribution in [0.1, 0.15) is 41.6 Å². The molecular weight excluding hydrogens is 260 g/mol. The molecule has 1 aliphatic rings. The lowest BCUT2D eigenvalue weighted by Crippen LogP contribution is -2.30. The molecule has 0 saturated carbocycles. The van der Waals surface area contributed by atoms with E-state index in [0.29, 0.717) is 5.92 Å². The SMILES string of the molecule is CCCc1nc(N(C)CC2CCCOC2)sc1C=O. The van der Waals surface area contributed by atoms with Gasteiger partial charge in [0.1, 0.15) is 0 Å². The summed E-state index contributed by atoms with van der Waals surface area (Å²) in [6.45, 7) is 4.81. The number of anilines is 1. The molecule has 2 rings (SSSR count). The summed E-state index contributed by atoms with van der Waals surface area (Å²) in [4.78, 5) is 18.6. The molecule has 1 unspecified atom stereocenters. The second kappa shape index (κ2) is 7.01. The van der Waals surface area contributed by atoms with Gasteiger partial charge < -0.3 is 9.64 Å². The first kappa shape index (κ1) is 14.5. The molecule has 0 radical (unpaired) electrons. The molecule has 0 bridgehead atoms. The molecule has 1 saturated heterocycles. The Bertz CT molecular complexity index is 414. The van der Waals surface area contributed by atoms with Gasteiger partial charge in [0.05, 0.1) is 17.2 Å². The van der Waals surface area contributed by atoms with Gasteiger partial charge in [-0.3, -0.25) is 4.79 Å². The van der Waals surface area contributed by atoms with Crippen molar-refractivity contribution in [3.05, 3.63) is 10.6 Å². The maximum Gasteiger partial charge on any atom is 0.185 e. The van der Waals surface area contributed by atoms with Crippen molar-refractivity contribution in [3.63, 3.8) is 0 Å². The molecule has 106 valence electrons. The fourth-order valence-corrected chi connectivity index (χ4v) is 3.34. The molecule has 2 heterocycles. The zero-order chi connectivity index (χ0) is 13.7. The Morgan fingerprint density at radius 1 is 1.58 bits per heavy atom. The molecule has 4 nitrogen and oxygen atoms in total. The third-order valence-electron chi connectivity index (χ3n) is 3.42. The summed E-state index contributed by atoms with van der Waals surface area (Å²) >= 11 is 1.50. The monoisotopic (exact) mass is 282 g/mol. The van der Waals surface area contributed by atoms with Crippen molar-refractivity contribution in [1.82, 2.24) is 4.98 Å². The van der Waals surface area contributed by atoms with E-state index in [1.807, 2.05) is 0 Å². The van der Waals surface area contributed by atoms with E-state index in [-0.39, 0.29) is 0 Å². The first-order valence-electron chi connectivity index (χ1n) is 6.98. The number of hydrogen-bond acceptors (Lipinski definition) is 5. The third-order valence-corrected chi connectivity index (χ3v) is 4.56. The lowest BCUT2D eigenvalue weighted by atomic mass is 10.0. The summed E-state index contributed by atoms with van der Waals surface area (Å²) in [6.07, 6.45) is 5.20. The summed E-state index contributed by atoms with van der Waals surface area (Å²) in [5.74, 6) is 0.581. The van der Waals surface area contributed by atoms with Crippen LogP contribution in [0.15, 0.2) is 0 Å². The second-order valence-corrected chi connectivity index (χ2v) is 6.15. The molecule has 1 aliphatic heterocycles. The molecule has 1 fully saturated rings. The zero-order valence-electron chi connectivity index (χ0n) is 11.7. The van der Waals surface area contributed by atoms with Crippen molar-refractivity contribution in [2.75, 3.05) is 31.7 Å². The average Bonchev–Trinajstić information content (AvgIpc) is 2.83. The number of carbonyl (C=O) groups excluding carboxylic acids is 1. The van der Waals surface area contributed by atoms with Crippen molar-refractivity contribution in [3.8, 4) is 0 Å². The van der Waals surface area contributed by atoms with Crippen LogP contribution in [0.5, 0.6) is 0 Å². The number of nitrogens with zero attached hydrogens (tertiary/aromatic N) is 2. The van der Waals surface area contributed by atoms with Crippen LogP contribution in [-0.4, -0.2) is 38.1 Å². The van der Waals surface area contributed by atoms with Gasteiger partial charge in [-0.2, -0.15) is 0 Å². The van der Waals surface area contributed by atoms with Gasteiger partial charge in [-0.25, -0.2) is 4.98 Å². The summed E-state index contributed by atoms with van der Waals surface area (Å²) in [5, 5.41) is 0.955. The number of ether oxygens (including phenoxy) is 1. The Kier molecular flexibility index (Phi) is 5.34. The second-order valence-electron chi connectivity index (χ2n) is 5.14. The van der Waals surface area contributed by atoms with E-state index >= 15 is 0 Å². The minimum Gasteiger partial charge on any atom is -0.381 e. The molecular formula is C14H22N2O2S. The van der Waals surface area contributed by atoms with Gasteiger partial charge >= 0.3 is 0 Å². The predicted molar refractivity (Wildman–Crippen MR) is 78.3 cm³/mol. The molecule has 1 aromatic heterocycles. The maximum atomic E-state index is 11.1. The molecule has 1 aromatic rings. The minimum atomic E-state index is 0.581. The highest BCUT2D eigenvalue weighted by Crippen LogP contribution is 2.26. The number of thiazole rings is 1. The zero-order valence-corrected chi connectivity index (χ0v) is 12.5. The lowest BCUT2D eigenvalue weighted by molar-refractivity contribution is 0.0576. The van der Waals surface area contributed by atoms with Crippen LogP contribution in [0.2, 0.25) is 0 Å². The quantitative estimate of drug-likeness (QED) is 0.752. The predicted octanol–water partition coefficient (Wildman–Crippen LogP) is 2.77. The Hall–Kier alpha value is -0.940. The minimum absolute atomic E-state index is 0.581. The summed E-state index contributed by atoms with van der Waals surface area (Å²) in [6, 6.07) is 0. The molecule has 0 aliphatic carbocycles. The number of aryl methyl sites for hydroxylation is 1. The molecule has 0 spiro atoms. The van der Waals surface area contributed by atoms with Gasteiger partial charge in [-0.1, -0.05) is 24.7 Å². The first-order valence-corrected chi connectivity index (χ1v) is 7.80. The molecule has 0 N–H and O–H groups in total. The van der Waals surface area contributed by atoms with E-state index in [0.717, 1.165) is 61.0 Å². The van der Waals surface area contributed by atoms with Crippen LogP contribution in [0.25, 0.3) is 0 Å². The standard InChI is InChI=1S/C14H22N2O2S/c1-3-5-12-13(9-17)19-14(15-12)16(2)8-11-6-4-7-18-10-11/h9,11H,3-8,10H2,1-2H3. The van der Waals surface area contributed by atoms with Gasteiger partial charge in [0.25, 0.3) is 0 Å². The van der Waals surface area contributed by atoms with Crippen molar-refractivity contribution in [1.29, 1.82) is 0 Å². The van der Waals surface area contributed by atoms with Gasteiger partial charge in [-0.05, 0) is 25.2 Å². The highest BCUT2D eigenvalue weighted by Gasteiger charge is 2.19. The van der Waals surface area contributed by atoms with Crippen molar-refractivity contribution in [2.45, 2.75) is 32.6 Å². The number of rotatable bonds is 6. The Labute approximate surface area is 118 Å². The van der Waals surface area contributed by atoms with Crippen LogP contribution in [-0.2, 0) is 11.2 Å². The van der Waals surface area contributed by atoms with E-state index in [1.165, 1.54) is 17.8 Å². The van der Waals surface area contributed by atoms with Crippen LogP contribution in [0.4, 0.5) is 5.13 Å². The molecule has 1 atom stereocenters. The number of aldehydes is 1. The Morgan fingerprint density at radius 3 is 3.05 bits per heavy atom. The van der Waals surface area contributed by atoms with Gasteiger partial charge in [-0.15, -0.1) is 0 Å². The fraction of sp³-hybridized carbons (Fsp3) is 0.714. The lowest BCUT2D eigenvalue weighted by Gasteiger charge is -2.26. The van der Waals surface area contributed by atoms with Crippen LogP contribution >= 0.6 is 11.3 Å². The molecule has 19 heavy (non-hydrogen) atoms. The molecule has 0 aromatic carbocycles. The molecule has 0 amide bonds. The largest absolute Gasteiger partial charge is 0.381 e. The average molecular weight is 282 g/mol. The first-order chi connectivity index (χ1) is 9.24. The maximum absolute atomic E-state index is 11.1. The molecule has 5 heteroatoms. The summed E-state index contributed by atoms with van der Waals surface area (Å²) in [5.41, 5.74) is 0.948. The van der Waals surface area contributed by atoms with Crippen molar-refractivity contribution < 1.29 is 9.53 Å². The number of hydrogen-bond donors (Lipinski definition) is 0. The van der Waals surface area contributed by atoms with Crippen molar-refractivity contribution in [2.24, 2.45) is 5.92 Å². The third kappa shape index (κ3) is 3.76. The summed E-state index contributed by atoms with van der Waals surface area (Å²) in [7, 11) is 2.05. The van der Waals surface area contributed by atoms with E-state index in [4.69, 9.17) is 4.74 Å². The van der Waals surface area contributed by atoms with Crippen molar-refractivity contribution >= 4 is 22.8 Å². The van der Waals surface area contributed by atoms with Gasteiger partial charge in [0, 0.05) is 20.2 Å².